The van der Waals surface area contributed by atoms with Gasteiger partial charge in [0.15, 0.2) is 5.13 Å². The molecule has 0 aliphatic carbocycles. The van der Waals surface area contributed by atoms with Crippen LogP contribution < -0.4 is 5.32 Å². The Morgan fingerprint density at radius 3 is 2.54 bits per heavy atom. The average Bonchev–Trinajstić information content (AvgIpc) is 3.10. The van der Waals surface area contributed by atoms with Crippen LogP contribution in [0.4, 0.5) is 5.13 Å². The van der Waals surface area contributed by atoms with Crippen molar-refractivity contribution in [3.05, 3.63) is 81.3 Å². The standard InChI is InChI=1S/C19H18Cl2N2S/c20-17-7-5-14(6-8-17)15(9-10-22-19-23-11-12-24-19)13-16-3-1-2-4-18(16)21/h1-8,11-12,15H,9-10,13H2,(H,22,23)/t15-/m1/s1. The monoisotopic (exact) mass is 376 g/mol. The molecular weight excluding hydrogens is 359 g/mol. The molecule has 0 radical (unpaired) electrons. The fourth-order valence-corrected chi connectivity index (χ4v) is 3.61. The molecule has 3 rings (SSSR count). The van der Waals surface area contributed by atoms with E-state index in [-0.39, 0.29) is 0 Å². The third-order valence-electron chi connectivity index (χ3n) is 3.97. The normalized spacial score (nSPS) is 12.1. The summed E-state index contributed by atoms with van der Waals surface area (Å²) in [4.78, 5) is 4.26. The zero-order valence-electron chi connectivity index (χ0n) is 13.1. The summed E-state index contributed by atoms with van der Waals surface area (Å²) in [6, 6.07) is 16.2. The van der Waals surface area contributed by atoms with Crippen molar-refractivity contribution in [1.29, 1.82) is 0 Å². The third kappa shape index (κ3) is 4.73. The summed E-state index contributed by atoms with van der Waals surface area (Å²) in [6.07, 6.45) is 3.71. The number of rotatable bonds is 7. The Balaban J connectivity index is 1.72. The molecule has 0 aliphatic rings. The molecule has 1 heterocycles. The van der Waals surface area contributed by atoms with Gasteiger partial charge in [0, 0.05) is 28.2 Å². The molecule has 0 aliphatic heterocycles. The van der Waals surface area contributed by atoms with Gasteiger partial charge in [-0.2, -0.15) is 0 Å². The predicted molar refractivity (Wildman–Crippen MR) is 105 cm³/mol. The maximum absolute atomic E-state index is 6.35. The van der Waals surface area contributed by atoms with Crippen molar-refractivity contribution in [2.75, 3.05) is 11.9 Å². The Bertz CT molecular complexity index is 757. The van der Waals surface area contributed by atoms with Gasteiger partial charge in [-0.25, -0.2) is 4.98 Å². The van der Waals surface area contributed by atoms with Gasteiger partial charge in [0.05, 0.1) is 0 Å². The minimum absolute atomic E-state index is 0.370. The van der Waals surface area contributed by atoms with Crippen molar-refractivity contribution in [2.24, 2.45) is 0 Å². The number of nitrogens with zero attached hydrogens (tertiary/aromatic N) is 1. The summed E-state index contributed by atoms with van der Waals surface area (Å²) < 4.78 is 0. The zero-order valence-corrected chi connectivity index (χ0v) is 15.4. The summed E-state index contributed by atoms with van der Waals surface area (Å²) in [5.74, 6) is 0.370. The van der Waals surface area contributed by atoms with Gasteiger partial charge >= 0.3 is 0 Å². The van der Waals surface area contributed by atoms with E-state index < -0.39 is 0 Å². The first-order chi connectivity index (χ1) is 11.7. The van der Waals surface area contributed by atoms with E-state index in [1.54, 1.807) is 11.3 Å². The molecule has 24 heavy (non-hydrogen) atoms. The number of aromatic nitrogens is 1. The second kappa shape index (κ2) is 8.52. The summed E-state index contributed by atoms with van der Waals surface area (Å²) in [5.41, 5.74) is 2.45. The molecule has 0 unspecified atom stereocenters. The fraction of sp³-hybridized carbons (Fsp3) is 0.211. The summed E-state index contributed by atoms with van der Waals surface area (Å²) >= 11 is 14.0. The van der Waals surface area contributed by atoms with E-state index in [0.717, 1.165) is 34.6 Å². The molecule has 0 bridgehead atoms. The number of nitrogens with one attached hydrogen (secondary N) is 1. The molecule has 1 atom stereocenters. The van der Waals surface area contributed by atoms with E-state index in [0.29, 0.717) is 5.92 Å². The number of benzene rings is 2. The van der Waals surface area contributed by atoms with Crippen LogP contribution in [0.25, 0.3) is 0 Å². The summed E-state index contributed by atoms with van der Waals surface area (Å²) in [7, 11) is 0. The summed E-state index contributed by atoms with van der Waals surface area (Å²) in [5, 5.41) is 7.90. The van der Waals surface area contributed by atoms with Crippen LogP contribution in [-0.2, 0) is 6.42 Å². The number of halogens is 2. The molecule has 2 nitrogen and oxygen atoms in total. The zero-order chi connectivity index (χ0) is 16.8. The molecule has 0 saturated carbocycles. The van der Waals surface area contributed by atoms with Gasteiger partial charge in [0.1, 0.15) is 0 Å². The molecule has 124 valence electrons. The molecule has 0 saturated heterocycles. The number of hydrogen-bond donors (Lipinski definition) is 1. The van der Waals surface area contributed by atoms with E-state index in [2.05, 4.69) is 28.5 Å². The van der Waals surface area contributed by atoms with Crippen LogP contribution in [0, 0.1) is 0 Å². The fourth-order valence-electron chi connectivity index (χ4n) is 2.71. The van der Waals surface area contributed by atoms with Gasteiger partial charge in [0.2, 0.25) is 0 Å². The van der Waals surface area contributed by atoms with Crippen molar-refractivity contribution < 1.29 is 0 Å². The van der Waals surface area contributed by atoms with Crippen molar-refractivity contribution in [1.82, 2.24) is 4.98 Å². The lowest BCUT2D eigenvalue weighted by Crippen LogP contribution is -2.10. The van der Waals surface area contributed by atoms with Crippen LogP contribution in [0.2, 0.25) is 10.0 Å². The van der Waals surface area contributed by atoms with E-state index >= 15 is 0 Å². The van der Waals surface area contributed by atoms with Gasteiger partial charge in [-0.15, -0.1) is 11.3 Å². The Kier molecular flexibility index (Phi) is 6.13. The van der Waals surface area contributed by atoms with E-state index in [4.69, 9.17) is 23.2 Å². The van der Waals surface area contributed by atoms with Crippen LogP contribution >= 0.6 is 34.5 Å². The lowest BCUT2D eigenvalue weighted by molar-refractivity contribution is 0.641. The molecule has 0 spiro atoms. The highest BCUT2D eigenvalue weighted by atomic mass is 35.5. The van der Waals surface area contributed by atoms with Gasteiger partial charge in [-0.05, 0) is 48.1 Å². The molecule has 1 aromatic heterocycles. The molecule has 2 aromatic carbocycles. The van der Waals surface area contributed by atoms with Gasteiger partial charge < -0.3 is 5.32 Å². The maximum Gasteiger partial charge on any atom is 0.182 e. The average molecular weight is 377 g/mol. The van der Waals surface area contributed by atoms with Gasteiger partial charge in [0.25, 0.3) is 0 Å². The minimum atomic E-state index is 0.370. The smallest absolute Gasteiger partial charge is 0.182 e. The third-order valence-corrected chi connectivity index (χ3v) is 5.32. The Hall–Kier alpha value is -1.55. The second-order valence-electron chi connectivity index (χ2n) is 5.60. The second-order valence-corrected chi connectivity index (χ2v) is 7.33. The first-order valence-electron chi connectivity index (χ1n) is 7.84. The van der Waals surface area contributed by atoms with Crippen molar-refractivity contribution in [2.45, 2.75) is 18.8 Å². The molecule has 3 aromatic rings. The highest BCUT2D eigenvalue weighted by Crippen LogP contribution is 2.29. The first kappa shape index (κ1) is 17.3. The topological polar surface area (TPSA) is 24.9 Å². The van der Waals surface area contributed by atoms with Crippen LogP contribution in [0.5, 0.6) is 0 Å². The molecule has 0 fully saturated rings. The Morgan fingerprint density at radius 2 is 1.83 bits per heavy atom. The van der Waals surface area contributed by atoms with Crippen LogP contribution in [0.15, 0.2) is 60.1 Å². The number of anilines is 1. The first-order valence-corrected chi connectivity index (χ1v) is 9.48. The minimum Gasteiger partial charge on any atom is -0.362 e. The number of hydrogen-bond acceptors (Lipinski definition) is 3. The van der Waals surface area contributed by atoms with Gasteiger partial charge in [-0.3, -0.25) is 0 Å². The largest absolute Gasteiger partial charge is 0.362 e. The lowest BCUT2D eigenvalue weighted by atomic mass is 9.89. The van der Waals surface area contributed by atoms with E-state index in [9.17, 15) is 0 Å². The Labute approximate surface area is 156 Å². The molecular formula is C19H18Cl2N2S. The van der Waals surface area contributed by atoms with Crippen LogP contribution in [0.3, 0.4) is 0 Å². The predicted octanol–water partition coefficient (Wildman–Crippen LogP) is 6.28. The van der Waals surface area contributed by atoms with Crippen LogP contribution in [-0.4, -0.2) is 11.5 Å². The van der Waals surface area contributed by atoms with E-state index in [1.807, 2.05) is 41.9 Å². The Morgan fingerprint density at radius 1 is 1.04 bits per heavy atom. The molecule has 1 N–H and O–H groups in total. The molecule has 0 amide bonds. The highest BCUT2D eigenvalue weighted by Gasteiger charge is 2.14. The SMILES string of the molecule is Clc1ccc([C@H](CCNc2nccs2)Cc2ccccc2Cl)cc1. The number of thiazole rings is 1. The van der Waals surface area contributed by atoms with Gasteiger partial charge in [-0.1, -0.05) is 53.5 Å². The maximum atomic E-state index is 6.35. The van der Waals surface area contributed by atoms with E-state index in [1.165, 1.54) is 11.1 Å². The van der Waals surface area contributed by atoms with Crippen molar-refractivity contribution >= 4 is 39.7 Å². The quantitative estimate of drug-likeness (QED) is 0.524. The van der Waals surface area contributed by atoms with Crippen LogP contribution in [0.1, 0.15) is 23.5 Å². The van der Waals surface area contributed by atoms with Crippen molar-refractivity contribution in [3.63, 3.8) is 0 Å². The highest BCUT2D eigenvalue weighted by molar-refractivity contribution is 7.13. The van der Waals surface area contributed by atoms with Crippen molar-refractivity contribution in [3.8, 4) is 0 Å². The molecule has 5 heteroatoms. The lowest BCUT2D eigenvalue weighted by Gasteiger charge is -2.19. The summed E-state index contributed by atoms with van der Waals surface area (Å²) in [6.45, 7) is 0.866.